The first kappa shape index (κ1) is 26.4. The summed E-state index contributed by atoms with van der Waals surface area (Å²) < 4.78 is 75.8. The molecule has 38 heavy (non-hydrogen) atoms. The van der Waals surface area contributed by atoms with Crippen molar-refractivity contribution in [3.8, 4) is 23.1 Å². The number of carbonyl (C=O) groups is 1. The standard InChI is InChI=1S/C24H21F4N5O5/c1-23(2,24(26,27)28)18-10-19(33-38-18)32-22(34)31-13-6-5-7-15(20(13)25)37-21-12-8-16(35-3)17(36-4)9-14(12)29-11-30-21/h5-11H,1-4H3,(H2,31,32,33,34). The van der Waals surface area contributed by atoms with Gasteiger partial charge in [0.2, 0.25) is 5.88 Å². The zero-order valence-electron chi connectivity index (χ0n) is 20.4. The minimum Gasteiger partial charge on any atom is -0.493 e. The minimum atomic E-state index is -4.61. The molecule has 0 radical (unpaired) electrons. The van der Waals surface area contributed by atoms with Gasteiger partial charge < -0.3 is 24.1 Å². The van der Waals surface area contributed by atoms with E-state index in [2.05, 4.69) is 25.8 Å². The molecule has 0 aliphatic carbocycles. The first-order chi connectivity index (χ1) is 17.9. The Morgan fingerprint density at radius 1 is 0.974 bits per heavy atom. The smallest absolute Gasteiger partial charge is 0.401 e. The first-order valence-corrected chi connectivity index (χ1v) is 10.9. The second kappa shape index (κ2) is 10.0. The number of fused-ring (bicyclic) bond motifs is 1. The van der Waals surface area contributed by atoms with Crippen LogP contribution in [-0.4, -0.2) is 41.6 Å². The van der Waals surface area contributed by atoms with Crippen molar-refractivity contribution in [2.45, 2.75) is 25.4 Å². The topological polar surface area (TPSA) is 121 Å². The molecule has 0 saturated heterocycles. The predicted octanol–water partition coefficient (Wildman–Crippen LogP) is 6.05. The summed E-state index contributed by atoms with van der Waals surface area (Å²) in [6.45, 7) is 1.82. The molecule has 4 rings (SSSR count). The largest absolute Gasteiger partial charge is 0.493 e. The Bertz CT molecular complexity index is 1490. The van der Waals surface area contributed by atoms with Gasteiger partial charge in [0.1, 0.15) is 11.7 Å². The monoisotopic (exact) mass is 535 g/mol. The molecule has 0 aliphatic heterocycles. The molecular weight excluding hydrogens is 514 g/mol. The molecule has 2 N–H and O–H groups in total. The van der Waals surface area contributed by atoms with E-state index >= 15 is 4.39 Å². The van der Waals surface area contributed by atoms with Gasteiger partial charge in [-0.25, -0.2) is 19.2 Å². The Morgan fingerprint density at radius 2 is 1.68 bits per heavy atom. The fourth-order valence-electron chi connectivity index (χ4n) is 3.27. The fourth-order valence-corrected chi connectivity index (χ4v) is 3.27. The second-order valence-electron chi connectivity index (χ2n) is 8.40. The third kappa shape index (κ3) is 5.10. The van der Waals surface area contributed by atoms with E-state index in [1.807, 2.05) is 0 Å². The zero-order chi connectivity index (χ0) is 27.7. The normalized spacial score (nSPS) is 11.8. The number of hydrogen-bond acceptors (Lipinski definition) is 8. The van der Waals surface area contributed by atoms with Gasteiger partial charge in [-0.15, -0.1) is 0 Å². The number of rotatable bonds is 7. The van der Waals surface area contributed by atoms with E-state index in [0.717, 1.165) is 19.9 Å². The van der Waals surface area contributed by atoms with Crippen LogP contribution < -0.4 is 24.8 Å². The quantitative estimate of drug-likeness (QED) is 0.275. The van der Waals surface area contributed by atoms with E-state index in [-0.39, 0.29) is 23.1 Å². The number of alkyl halides is 3. The van der Waals surface area contributed by atoms with E-state index in [0.29, 0.717) is 22.4 Å². The molecule has 0 bridgehead atoms. The van der Waals surface area contributed by atoms with Crippen LogP contribution in [0.25, 0.3) is 10.9 Å². The molecule has 0 fully saturated rings. The van der Waals surface area contributed by atoms with Gasteiger partial charge in [-0.3, -0.25) is 5.32 Å². The number of anilines is 2. The molecule has 2 aromatic heterocycles. The van der Waals surface area contributed by atoms with E-state index < -0.39 is 29.2 Å². The van der Waals surface area contributed by atoms with E-state index in [9.17, 15) is 18.0 Å². The lowest BCUT2D eigenvalue weighted by Gasteiger charge is -2.24. The van der Waals surface area contributed by atoms with Crippen LogP contribution in [-0.2, 0) is 5.41 Å². The molecule has 0 spiro atoms. The molecule has 0 unspecified atom stereocenters. The van der Waals surface area contributed by atoms with Crippen LogP contribution >= 0.6 is 0 Å². The van der Waals surface area contributed by atoms with E-state index in [1.165, 1.54) is 38.7 Å². The number of hydrogen-bond donors (Lipinski definition) is 2. The molecule has 0 aliphatic rings. The number of benzene rings is 2. The van der Waals surface area contributed by atoms with Crippen LogP contribution in [0.4, 0.5) is 33.9 Å². The number of urea groups is 1. The number of ether oxygens (including phenoxy) is 3. The maximum absolute atomic E-state index is 15.2. The molecule has 4 aromatic rings. The Balaban J connectivity index is 1.53. The number of nitrogens with zero attached hydrogens (tertiary/aromatic N) is 3. The van der Waals surface area contributed by atoms with Crippen molar-refractivity contribution < 1.29 is 41.1 Å². The van der Waals surface area contributed by atoms with Gasteiger partial charge in [0.05, 0.1) is 30.8 Å². The summed E-state index contributed by atoms with van der Waals surface area (Å²) in [5.74, 6) is -1.19. The molecular formula is C24H21F4N5O5. The van der Waals surface area contributed by atoms with Gasteiger partial charge in [0, 0.05) is 12.1 Å². The lowest BCUT2D eigenvalue weighted by molar-refractivity contribution is -0.185. The third-order valence-corrected chi connectivity index (χ3v) is 5.60. The number of methoxy groups -OCH3 is 2. The fraction of sp³-hybridized carbons (Fsp3) is 0.250. The molecule has 200 valence electrons. The lowest BCUT2D eigenvalue weighted by atomic mass is 9.89. The summed E-state index contributed by atoms with van der Waals surface area (Å²) in [5, 5.41) is 8.29. The van der Waals surface area contributed by atoms with Crippen molar-refractivity contribution in [3.63, 3.8) is 0 Å². The first-order valence-electron chi connectivity index (χ1n) is 10.9. The van der Waals surface area contributed by atoms with Crippen LogP contribution in [0.3, 0.4) is 0 Å². The highest BCUT2D eigenvalue weighted by atomic mass is 19.4. The highest BCUT2D eigenvalue weighted by Gasteiger charge is 2.51. The predicted molar refractivity (Wildman–Crippen MR) is 127 cm³/mol. The molecule has 14 heteroatoms. The molecule has 2 aromatic carbocycles. The average molecular weight is 535 g/mol. The van der Waals surface area contributed by atoms with Gasteiger partial charge in [0.25, 0.3) is 0 Å². The maximum Gasteiger partial charge on any atom is 0.401 e. The molecule has 2 amide bonds. The Morgan fingerprint density at radius 3 is 2.37 bits per heavy atom. The van der Waals surface area contributed by atoms with Crippen molar-refractivity contribution in [2.24, 2.45) is 0 Å². The molecule has 2 heterocycles. The summed E-state index contributed by atoms with van der Waals surface area (Å²) in [6, 6.07) is 7.13. The van der Waals surface area contributed by atoms with Gasteiger partial charge in [-0.2, -0.15) is 13.2 Å². The van der Waals surface area contributed by atoms with Crippen LogP contribution in [0.15, 0.2) is 47.2 Å². The second-order valence-corrected chi connectivity index (χ2v) is 8.40. The highest BCUT2D eigenvalue weighted by Crippen LogP contribution is 2.41. The van der Waals surface area contributed by atoms with Crippen molar-refractivity contribution >= 4 is 28.4 Å². The van der Waals surface area contributed by atoms with Gasteiger partial charge in [0.15, 0.2) is 34.6 Å². The summed E-state index contributed by atoms with van der Waals surface area (Å²) in [6.07, 6.45) is -3.38. The Kier molecular flexibility index (Phi) is 6.98. The summed E-state index contributed by atoms with van der Waals surface area (Å²) >= 11 is 0. The van der Waals surface area contributed by atoms with Gasteiger partial charge in [-0.05, 0) is 32.0 Å². The number of amides is 2. The third-order valence-electron chi connectivity index (χ3n) is 5.60. The minimum absolute atomic E-state index is 0.0128. The summed E-state index contributed by atoms with van der Waals surface area (Å²) in [5.41, 5.74) is -2.17. The highest BCUT2D eigenvalue weighted by molar-refractivity contribution is 5.99. The van der Waals surface area contributed by atoms with Crippen LogP contribution in [0.5, 0.6) is 23.1 Å². The maximum atomic E-state index is 15.2. The number of carbonyl (C=O) groups excluding carboxylic acids is 1. The van der Waals surface area contributed by atoms with Crippen molar-refractivity contribution in [1.29, 1.82) is 0 Å². The van der Waals surface area contributed by atoms with Gasteiger partial charge in [-0.1, -0.05) is 11.2 Å². The number of nitrogens with one attached hydrogen (secondary N) is 2. The average Bonchev–Trinajstić information content (AvgIpc) is 3.34. The molecule has 0 saturated carbocycles. The Labute approximate surface area is 212 Å². The lowest BCUT2D eigenvalue weighted by Crippen LogP contribution is -2.35. The van der Waals surface area contributed by atoms with Crippen LogP contribution in [0.1, 0.15) is 19.6 Å². The SMILES string of the molecule is COc1cc2ncnc(Oc3cccc(NC(=O)Nc4cc(C(C)(C)C(F)(F)F)on4)c3F)c2cc1OC. The number of halogens is 4. The van der Waals surface area contributed by atoms with Crippen molar-refractivity contribution in [2.75, 3.05) is 24.9 Å². The van der Waals surface area contributed by atoms with Crippen LogP contribution in [0, 0.1) is 5.82 Å². The van der Waals surface area contributed by atoms with E-state index in [4.69, 9.17) is 18.7 Å². The summed E-state index contributed by atoms with van der Waals surface area (Å²) in [4.78, 5) is 20.6. The van der Waals surface area contributed by atoms with Crippen LogP contribution in [0.2, 0.25) is 0 Å². The van der Waals surface area contributed by atoms with Gasteiger partial charge >= 0.3 is 12.2 Å². The van der Waals surface area contributed by atoms with E-state index in [1.54, 1.807) is 12.1 Å². The number of aromatic nitrogens is 3. The zero-order valence-corrected chi connectivity index (χ0v) is 20.4. The van der Waals surface area contributed by atoms with Crippen molar-refractivity contribution in [3.05, 3.63) is 54.3 Å². The molecule has 10 nitrogen and oxygen atoms in total. The molecule has 0 atom stereocenters. The van der Waals surface area contributed by atoms with Crippen molar-refractivity contribution in [1.82, 2.24) is 15.1 Å². The Hall–Kier alpha value is -4.62. The summed E-state index contributed by atoms with van der Waals surface area (Å²) in [7, 11) is 2.92.